The molecule has 1 unspecified atom stereocenters. The number of aromatic nitrogens is 2. The van der Waals surface area contributed by atoms with Gasteiger partial charge in [0.05, 0.1) is 11.8 Å². The summed E-state index contributed by atoms with van der Waals surface area (Å²) in [4.78, 5) is 18.7. The molecular formula is C14H17N3O2. The van der Waals surface area contributed by atoms with Gasteiger partial charge in [-0.25, -0.2) is 4.98 Å². The Labute approximate surface area is 111 Å². The number of aliphatic hydroxyl groups is 1. The fraction of sp³-hybridized carbons (Fsp3) is 0.429. The molecule has 19 heavy (non-hydrogen) atoms. The van der Waals surface area contributed by atoms with Gasteiger partial charge >= 0.3 is 0 Å². The number of fused-ring (bicyclic) bond motifs is 1. The quantitative estimate of drug-likeness (QED) is 0.856. The summed E-state index contributed by atoms with van der Waals surface area (Å²) >= 11 is 0. The van der Waals surface area contributed by atoms with Crippen LogP contribution in [-0.2, 0) is 6.54 Å². The summed E-state index contributed by atoms with van der Waals surface area (Å²) in [5.41, 5.74) is 2.42. The molecule has 0 aromatic carbocycles. The number of hydrogen-bond donors (Lipinski definition) is 1. The molecule has 0 radical (unpaired) electrons. The summed E-state index contributed by atoms with van der Waals surface area (Å²) in [7, 11) is 0. The van der Waals surface area contributed by atoms with Crippen LogP contribution in [0.4, 0.5) is 0 Å². The molecule has 2 aromatic heterocycles. The minimum Gasteiger partial charge on any atom is -0.392 e. The molecular weight excluding hydrogens is 242 g/mol. The fourth-order valence-electron chi connectivity index (χ4n) is 2.52. The van der Waals surface area contributed by atoms with Crippen molar-refractivity contribution in [1.82, 2.24) is 14.3 Å². The van der Waals surface area contributed by atoms with E-state index in [-0.39, 0.29) is 11.7 Å². The molecule has 3 heterocycles. The number of pyridine rings is 1. The largest absolute Gasteiger partial charge is 0.392 e. The molecule has 1 saturated heterocycles. The number of aryl methyl sites for hydroxylation is 1. The highest BCUT2D eigenvalue weighted by Crippen LogP contribution is 2.12. The lowest BCUT2D eigenvalue weighted by atomic mass is 10.3. The predicted octanol–water partition coefficient (Wildman–Crippen LogP) is 0.570. The first-order valence-electron chi connectivity index (χ1n) is 6.51. The van der Waals surface area contributed by atoms with Crippen LogP contribution in [-0.4, -0.2) is 38.6 Å². The second kappa shape index (κ2) is 4.75. The van der Waals surface area contributed by atoms with E-state index in [1.54, 1.807) is 16.7 Å². The van der Waals surface area contributed by atoms with Crippen LogP contribution in [0.15, 0.2) is 29.2 Å². The third kappa shape index (κ3) is 2.52. The Morgan fingerprint density at radius 3 is 3.05 bits per heavy atom. The zero-order chi connectivity index (χ0) is 13.4. The maximum Gasteiger partial charge on any atom is 0.258 e. The van der Waals surface area contributed by atoms with E-state index in [0.717, 1.165) is 24.2 Å². The average molecular weight is 259 g/mol. The molecule has 5 nitrogen and oxygen atoms in total. The molecule has 1 fully saturated rings. The van der Waals surface area contributed by atoms with Crippen LogP contribution in [0.25, 0.3) is 5.65 Å². The Balaban J connectivity index is 1.93. The van der Waals surface area contributed by atoms with Gasteiger partial charge in [-0.15, -0.1) is 0 Å². The molecule has 0 spiro atoms. The molecule has 1 aliphatic heterocycles. The summed E-state index contributed by atoms with van der Waals surface area (Å²) < 4.78 is 1.57. The van der Waals surface area contributed by atoms with Gasteiger partial charge in [0.1, 0.15) is 5.65 Å². The number of β-amino-alcohol motifs (C(OH)–C–C–N with tert-alkyl or cyclic N) is 1. The van der Waals surface area contributed by atoms with Gasteiger partial charge in [0.15, 0.2) is 0 Å². The van der Waals surface area contributed by atoms with Gasteiger partial charge in [-0.2, -0.15) is 0 Å². The zero-order valence-corrected chi connectivity index (χ0v) is 10.9. The Bertz CT molecular complexity index is 665. The van der Waals surface area contributed by atoms with Crippen molar-refractivity contribution in [3.05, 3.63) is 46.0 Å². The Kier molecular flexibility index (Phi) is 3.08. The number of rotatable bonds is 2. The molecule has 1 atom stereocenters. The zero-order valence-electron chi connectivity index (χ0n) is 10.9. The second-order valence-electron chi connectivity index (χ2n) is 5.20. The van der Waals surface area contributed by atoms with E-state index in [1.807, 2.05) is 19.1 Å². The van der Waals surface area contributed by atoms with Gasteiger partial charge in [0.25, 0.3) is 5.56 Å². The van der Waals surface area contributed by atoms with E-state index in [1.165, 1.54) is 0 Å². The Morgan fingerprint density at radius 1 is 1.47 bits per heavy atom. The number of aliphatic hydroxyl groups excluding tert-OH is 1. The van der Waals surface area contributed by atoms with Crippen molar-refractivity contribution in [3.63, 3.8) is 0 Å². The van der Waals surface area contributed by atoms with Gasteiger partial charge in [-0.05, 0) is 25.0 Å². The molecule has 2 aromatic rings. The van der Waals surface area contributed by atoms with Crippen molar-refractivity contribution < 1.29 is 5.11 Å². The van der Waals surface area contributed by atoms with Gasteiger partial charge < -0.3 is 5.11 Å². The maximum absolute atomic E-state index is 12.0. The second-order valence-corrected chi connectivity index (χ2v) is 5.20. The van der Waals surface area contributed by atoms with Gasteiger partial charge in [-0.3, -0.25) is 14.1 Å². The molecule has 0 saturated carbocycles. The predicted molar refractivity (Wildman–Crippen MR) is 72.1 cm³/mol. The molecule has 1 aliphatic rings. The van der Waals surface area contributed by atoms with Crippen molar-refractivity contribution in [2.24, 2.45) is 0 Å². The van der Waals surface area contributed by atoms with E-state index in [4.69, 9.17) is 0 Å². The van der Waals surface area contributed by atoms with Crippen LogP contribution in [0.1, 0.15) is 17.7 Å². The standard InChI is InChI=1S/C14H17N3O2/c1-10-2-3-13-15-11(6-14(19)17(13)7-10)8-16-5-4-12(18)9-16/h2-3,6-7,12,18H,4-5,8-9H2,1H3. The van der Waals surface area contributed by atoms with Gasteiger partial charge in [0.2, 0.25) is 0 Å². The third-order valence-corrected chi connectivity index (χ3v) is 3.49. The maximum atomic E-state index is 12.0. The Morgan fingerprint density at radius 2 is 2.32 bits per heavy atom. The lowest BCUT2D eigenvalue weighted by Gasteiger charge is -2.14. The summed E-state index contributed by atoms with van der Waals surface area (Å²) in [6.45, 7) is 4.09. The molecule has 3 rings (SSSR count). The lowest BCUT2D eigenvalue weighted by molar-refractivity contribution is 0.174. The highest BCUT2D eigenvalue weighted by atomic mass is 16.3. The van der Waals surface area contributed by atoms with Crippen LogP contribution < -0.4 is 5.56 Å². The number of likely N-dealkylation sites (tertiary alicyclic amines) is 1. The molecule has 0 aliphatic carbocycles. The van der Waals surface area contributed by atoms with Crippen LogP contribution in [0.2, 0.25) is 0 Å². The first kappa shape index (κ1) is 12.3. The van der Waals surface area contributed by atoms with E-state index in [2.05, 4.69) is 9.88 Å². The van der Waals surface area contributed by atoms with Crippen LogP contribution >= 0.6 is 0 Å². The summed E-state index contributed by atoms with van der Waals surface area (Å²) in [6, 6.07) is 5.39. The normalized spacial score (nSPS) is 20.2. The monoisotopic (exact) mass is 259 g/mol. The average Bonchev–Trinajstić information content (AvgIpc) is 2.76. The minimum absolute atomic E-state index is 0.0524. The third-order valence-electron chi connectivity index (χ3n) is 3.49. The highest BCUT2D eigenvalue weighted by molar-refractivity contribution is 5.39. The van der Waals surface area contributed by atoms with Crippen molar-refractivity contribution >= 4 is 5.65 Å². The van der Waals surface area contributed by atoms with E-state index < -0.39 is 0 Å². The van der Waals surface area contributed by atoms with Crippen LogP contribution in [0.5, 0.6) is 0 Å². The molecule has 5 heteroatoms. The topological polar surface area (TPSA) is 57.8 Å². The molecule has 0 amide bonds. The summed E-state index contributed by atoms with van der Waals surface area (Å²) in [5.74, 6) is 0. The van der Waals surface area contributed by atoms with Gasteiger partial charge in [0, 0.05) is 31.9 Å². The van der Waals surface area contributed by atoms with E-state index in [9.17, 15) is 9.90 Å². The first-order chi connectivity index (χ1) is 9.11. The molecule has 100 valence electrons. The first-order valence-corrected chi connectivity index (χ1v) is 6.51. The number of hydrogen-bond acceptors (Lipinski definition) is 4. The summed E-state index contributed by atoms with van der Waals surface area (Å²) in [5, 5.41) is 9.51. The Hall–Kier alpha value is -1.72. The SMILES string of the molecule is Cc1ccc2nc(CN3CCC(O)C3)cc(=O)n2c1. The van der Waals surface area contributed by atoms with Crippen molar-refractivity contribution in [2.75, 3.05) is 13.1 Å². The van der Waals surface area contributed by atoms with Gasteiger partial charge in [-0.1, -0.05) is 6.07 Å². The van der Waals surface area contributed by atoms with E-state index in [0.29, 0.717) is 18.7 Å². The van der Waals surface area contributed by atoms with Crippen LogP contribution in [0, 0.1) is 6.92 Å². The molecule has 0 bridgehead atoms. The highest BCUT2D eigenvalue weighted by Gasteiger charge is 2.20. The number of nitrogens with zero attached hydrogens (tertiary/aromatic N) is 3. The van der Waals surface area contributed by atoms with Crippen molar-refractivity contribution in [3.8, 4) is 0 Å². The summed E-state index contributed by atoms with van der Waals surface area (Å²) in [6.07, 6.45) is 2.35. The fourth-order valence-corrected chi connectivity index (χ4v) is 2.52. The van der Waals surface area contributed by atoms with Crippen molar-refractivity contribution in [2.45, 2.75) is 26.0 Å². The minimum atomic E-state index is -0.246. The molecule has 1 N–H and O–H groups in total. The lowest BCUT2D eigenvalue weighted by Crippen LogP contribution is -2.24. The smallest absolute Gasteiger partial charge is 0.258 e. The van der Waals surface area contributed by atoms with E-state index >= 15 is 0 Å². The van der Waals surface area contributed by atoms with Crippen molar-refractivity contribution in [1.29, 1.82) is 0 Å². The van der Waals surface area contributed by atoms with Crippen LogP contribution in [0.3, 0.4) is 0 Å².